The smallest absolute Gasteiger partial charge is 0.224 e. The van der Waals surface area contributed by atoms with Gasteiger partial charge >= 0.3 is 0 Å². The van der Waals surface area contributed by atoms with Crippen molar-refractivity contribution in [2.24, 2.45) is 0 Å². The summed E-state index contributed by atoms with van der Waals surface area (Å²) >= 11 is 0. The number of nitrogens with zero attached hydrogens (tertiary/aromatic N) is 2. The van der Waals surface area contributed by atoms with Crippen molar-refractivity contribution in [2.75, 3.05) is 24.8 Å². The van der Waals surface area contributed by atoms with Crippen LogP contribution in [0.5, 0.6) is 5.75 Å². The highest BCUT2D eigenvalue weighted by atomic mass is 16.5. The van der Waals surface area contributed by atoms with E-state index in [2.05, 4.69) is 20.6 Å². The molecule has 0 radical (unpaired) electrons. The van der Waals surface area contributed by atoms with Gasteiger partial charge in [0, 0.05) is 30.8 Å². The van der Waals surface area contributed by atoms with E-state index in [0.29, 0.717) is 11.9 Å². The largest absolute Gasteiger partial charge is 0.497 e. The fraction of sp³-hybridized carbons (Fsp3) is 0.333. The van der Waals surface area contributed by atoms with E-state index in [-0.39, 0.29) is 0 Å². The zero-order valence-corrected chi connectivity index (χ0v) is 11.7. The number of hydrogen-bond acceptors (Lipinski definition) is 5. The maximum atomic E-state index is 5.22. The van der Waals surface area contributed by atoms with Gasteiger partial charge in [0.15, 0.2) is 0 Å². The maximum Gasteiger partial charge on any atom is 0.224 e. The van der Waals surface area contributed by atoms with Crippen LogP contribution in [0.4, 0.5) is 17.5 Å². The Hall–Kier alpha value is -2.30. The molecule has 104 valence electrons. The van der Waals surface area contributed by atoms with Crippen LogP contribution in [0, 0.1) is 0 Å². The van der Waals surface area contributed by atoms with Crippen molar-refractivity contribution in [2.45, 2.75) is 18.8 Å². The minimum atomic E-state index is 0.593. The normalized spacial score (nSPS) is 13.9. The Kier molecular flexibility index (Phi) is 3.41. The van der Waals surface area contributed by atoms with Crippen LogP contribution in [-0.2, 0) is 0 Å². The summed E-state index contributed by atoms with van der Waals surface area (Å²) in [5.41, 5.74) is 2.06. The Morgan fingerprint density at radius 1 is 1.20 bits per heavy atom. The van der Waals surface area contributed by atoms with E-state index < -0.39 is 0 Å². The van der Waals surface area contributed by atoms with Crippen LogP contribution in [0.1, 0.15) is 24.5 Å². The highest BCUT2D eigenvalue weighted by molar-refractivity contribution is 5.59. The summed E-state index contributed by atoms with van der Waals surface area (Å²) in [6.45, 7) is 0. The first-order chi connectivity index (χ1) is 9.78. The summed E-state index contributed by atoms with van der Waals surface area (Å²) in [5, 5.41) is 6.32. The molecule has 0 bridgehead atoms. The van der Waals surface area contributed by atoms with Gasteiger partial charge in [-0.3, -0.25) is 0 Å². The van der Waals surface area contributed by atoms with Gasteiger partial charge in [-0.1, -0.05) is 6.07 Å². The van der Waals surface area contributed by atoms with E-state index in [4.69, 9.17) is 4.74 Å². The van der Waals surface area contributed by atoms with Crippen LogP contribution in [-0.4, -0.2) is 24.1 Å². The lowest BCUT2D eigenvalue weighted by Gasteiger charge is -2.10. The molecule has 0 spiro atoms. The van der Waals surface area contributed by atoms with E-state index in [0.717, 1.165) is 22.9 Å². The first-order valence-corrected chi connectivity index (χ1v) is 6.76. The molecule has 2 N–H and O–H groups in total. The average molecular weight is 270 g/mol. The van der Waals surface area contributed by atoms with Crippen LogP contribution in [0.2, 0.25) is 0 Å². The van der Waals surface area contributed by atoms with Crippen molar-refractivity contribution in [3.8, 4) is 5.75 Å². The molecule has 0 aliphatic heterocycles. The molecular weight excluding hydrogens is 252 g/mol. The Bertz CT molecular complexity index is 611. The number of hydrogen-bond donors (Lipinski definition) is 2. The van der Waals surface area contributed by atoms with Crippen molar-refractivity contribution < 1.29 is 4.74 Å². The Labute approximate surface area is 118 Å². The molecule has 20 heavy (non-hydrogen) atoms. The number of ether oxygens (including phenoxy) is 1. The summed E-state index contributed by atoms with van der Waals surface area (Å²) in [6.07, 6.45) is 2.44. The highest BCUT2D eigenvalue weighted by Crippen LogP contribution is 2.40. The second kappa shape index (κ2) is 5.36. The van der Waals surface area contributed by atoms with Gasteiger partial charge in [-0.25, -0.2) is 4.98 Å². The third-order valence-electron chi connectivity index (χ3n) is 3.31. The molecule has 0 amide bonds. The first kappa shape index (κ1) is 12.7. The van der Waals surface area contributed by atoms with E-state index in [1.807, 2.05) is 37.4 Å². The van der Waals surface area contributed by atoms with Gasteiger partial charge in [0.1, 0.15) is 11.6 Å². The number of rotatable bonds is 5. The summed E-state index contributed by atoms with van der Waals surface area (Å²) in [4.78, 5) is 8.94. The molecule has 5 heteroatoms. The number of benzene rings is 1. The summed E-state index contributed by atoms with van der Waals surface area (Å²) < 4.78 is 5.22. The topological polar surface area (TPSA) is 59.1 Å². The van der Waals surface area contributed by atoms with Gasteiger partial charge in [-0.15, -0.1) is 0 Å². The molecule has 0 saturated heterocycles. The molecule has 1 aromatic heterocycles. The molecule has 1 heterocycles. The van der Waals surface area contributed by atoms with Crippen LogP contribution in [0.15, 0.2) is 30.3 Å². The Morgan fingerprint density at radius 3 is 2.75 bits per heavy atom. The zero-order chi connectivity index (χ0) is 13.9. The van der Waals surface area contributed by atoms with E-state index in [9.17, 15) is 0 Å². The number of aromatic nitrogens is 2. The molecule has 0 unspecified atom stereocenters. The molecule has 1 aromatic carbocycles. The summed E-state index contributed by atoms with van der Waals surface area (Å²) in [5.74, 6) is 2.87. The predicted octanol–water partition coefficient (Wildman–Crippen LogP) is 3.15. The van der Waals surface area contributed by atoms with Gasteiger partial charge in [-0.2, -0.15) is 4.98 Å². The quantitative estimate of drug-likeness (QED) is 0.874. The lowest BCUT2D eigenvalue weighted by molar-refractivity contribution is 0.415. The molecule has 5 nitrogen and oxygen atoms in total. The number of anilines is 3. The van der Waals surface area contributed by atoms with Crippen molar-refractivity contribution in [1.29, 1.82) is 0 Å². The minimum Gasteiger partial charge on any atom is -0.497 e. The summed E-state index contributed by atoms with van der Waals surface area (Å²) in [6, 6.07) is 9.82. The van der Waals surface area contributed by atoms with Crippen molar-refractivity contribution in [1.82, 2.24) is 9.97 Å². The van der Waals surface area contributed by atoms with Crippen molar-refractivity contribution in [3.05, 3.63) is 36.0 Å². The molecule has 0 atom stereocenters. The second-order valence-corrected chi connectivity index (χ2v) is 4.88. The predicted molar refractivity (Wildman–Crippen MR) is 79.8 cm³/mol. The molecule has 1 fully saturated rings. The third-order valence-corrected chi connectivity index (χ3v) is 3.31. The Balaban J connectivity index is 1.86. The van der Waals surface area contributed by atoms with Gasteiger partial charge in [0.25, 0.3) is 0 Å². The third kappa shape index (κ3) is 2.82. The number of nitrogens with one attached hydrogen (secondary N) is 2. The average Bonchev–Trinajstić information content (AvgIpc) is 3.31. The van der Waals surface area contributed by atoms with Crippen LogP contribution >= 0.6 is 0 Å². The fourth-order valence-electron chi connectivity index (χ4n) is 2.08. The molecular formula is C15H18N4O. The van der Waals surface area contributed by atoms with Crippen molar-refractivity contribution in [3.63, 3.8) is 0 Å². The second-order valence-electron chi connectivity index (χ2n) is 4.88. The zero-order valence-electron chi connectivity index (χ0n) is 11.7. The standard InChI is InChI=1S/C15H18N4O/c1-16-15-18-13(10-6-7-10)9-14(19-15)17-11-4-3-5-12(8-11)20-2/h3-5,8-10H,6-7H2,1-2H3,(H2,16,17,18,19). The van der Waals surface area contributed by atoms with Gasteiger partial charge in [-0.05, 0) is 25.0 Å². The lowest BCUT2D eigenvalue weighted by atomic mass is 10.2. The first-order valence-electron chi connectivity index (χ1n) is 6.76. The number of methoxy groups -OCH3 is 1. The molecule has 1 saturated carbocycles. The lowest BCUT2D eigenvalue weighted by Crippen LogP contribution is -2.03. The molecule has 3 rings (SSSR count). The van der Waals surface area contributed by atoms with Gasteiger partial charge in [0.05, 0.1) is 12.8 Å². The molecule has 2 aromatic rings. The maximum absolute atomic E-state index is 5.22. The van der Waals surface area contributed by atoms with Crippen LogP contribution < -0.4 is 15.4 Å². The van der Waals surface area contributed by atoms with Gasteiger partial charge < -0.3 is 15.4 Å². The van der Waals surface area contributed by atoms with E-state index in [1.54, 1.807) is 7.11 Å². The van der Waals surface area contributed by atoms with E-state index >= 15 is 0 Å². The van der Waals surface area contributed by atoms with Crippen LogP contribution in [0.25, 0.3) is 0 Å². The van der Waals surface area contributed by atoms with E-state index in [1.165, 1.54) is 12.8 Å². The minimum absolute atomic E-state index is 0.593. The monoisotopic (exact) mass is 270 g/mol. The summed E-state index contributed by atoms with van der Waals surface area (Å²) in [7, 11) is 3.50. The molecule has 1 aliphatic carbocycles. The van der Waals surface area contributed by atoms with Crippen LogP contribution in [0.3, 0.4) is 0 Å². The fourth-order valence-corrected chi connectivity index (χ4v) is 2.08. The highest BCUT2D eigenvalue weighted by Gasteiger charge is 2.26. The Morgan fingerprint density at radius 2 is 2.05 bits per heavy atom. The van der Waals surface area contributed by atoms with Crippen molar-refractivity contribution >= 4 is 17.5 Å². The SMILES string of the molecule is CNc1nc(Nc2cccc(OC)c2)cc(C2CC2)n1. The van der Waals surface area contributed by atoms with Gasteiger partial charge in [0.2, 0.25) is 5.95 Å². The molecule has 1 aliphatic rings.